The Bertz CT molecular complexity index is 138. The molecular weight excluding hydrogens is 138 g/mol. The van der Waals surface area contributed by atoms with Gasteiger partial charge in [0.2, 0.25) is 0 Å². The van der Waals surface area contributed by atoms with Gasteiger partial charge >= 0.3 is 0 Å². The summed E-state index contributed by atoms with van der Waals surface area (Å²) >= 11 is 0. The normalized spacial score (nSPS) is 39.0. The maximum atomic E-state index is 5.46. The van der Waals surface area contributed by atoms with Crippen molar-refractivity contribution in [2.45, 2.75) is 13.3 Å². The number of hydrogen-bond acceptors (Lipinski definition) is 2. The van der Waals surface area contributed by atoms with Crippen molar-refractivity contribution in [3.63, 3.8) is 0 Å². The van der Waals surface area contributed by atoms with E-state index in [1.54, 1.807) is 0 Å². The monoisotopic (exact) mass is 155 g/mol. The average molecular weight is 155 g/mol. The minimum Gasteiger partial charge on any atom is -0.381 e. The van der Waals surface area contributed by atoms with Crippen LogP contribution in [0, 0.1) is 11.8 Å². The van der Waals surface area contributed by atoms with E-state index in [1.807, 2.05) is 0 Å². The van der Waals surface area contributed by atoms with Gasteiger partial charge in [0.1, 0.15) is 0 Å². The van der Waals surface area contributed by atoms with Gasteiger partial charge in [0.15, 0.2) is 0 Å². The van der Waals surface area contributed by atoms with E-state index in [4.69, 9.17) is 4.74 Å². The van der Waals surface area contributed by atoms with Crippen LogP contribution in [0.15, 0.2) is 0 Å². The highest BCUT2D eigenvalue weighted by Gasteiger charge is 2.32. The fourth-order valence-corrected chi connectivity index (χ4v) is 2.22. The smallest absolute Gasteiger partial charge is 0.0510 e. The third-order valence-corrected chi connectivity index (χ3v) is 3.09. The quantitative estimate of drug-likeness (QED) is 0.559. The number of piperidine rings is 1. The number of fused-ring (bicyclic) bond motifs is 1. The van der Waals surface area contributed by atoms with Gasteiger partial charge in [-0.25, -0.2) is 0 Å². The van der Waals surface area contributed by atoms with E-state index in [0.29, 0.717) is 0 Å². The van der Waals surface area contributed by atoms with Crippen LogP contribution in [-0.4, -0.2) is 37.7 Å². The third-order valence-electron chi connectivity index (χ3n) is 3.09. The molecule has 0 N–H and O–H groups in total. The molecule has 0 spiro atoms. The van der Waals surface area contributed by atoms with Crippen molar-refractivity contribution in [3.8, 4) is 0 Å². The molecule has 2 aliphatic heterocycles. The summed E-state index contributed by atoms with van der Waals surface area (Å²) in [7, 11) is 0. The number of hydrogen-bond donors (Lipinski definition) is 0. The summed E-state index contributed by atoms with van der Waals surface area (Å²) in [4.78, 5) is 2.54. The molecule has 0 aromatic heterocycles. The summed E-state index contributed by atoms with van der Waals surface area (Å²) in [6, 6.07) is 0. The maximum absolute atomic E-state index is 5.46. The van der Waals surface area contributed by atoms with E-state index < -0.39 is 0 Å². The fourth-order valence-electron chi connectivity index (χ4n) is 2.22. The Labute approximate surface area is 68.5 Å². The summed E-state index contributed by atoms with van der Waals surface area (Å²) < 4.78 is 5.46. The van der Waals surface area contributed by atoms with Crippen LogP contribution < -0.4 is 0 Å². The predicted octanol–water partition coefficient (Wildman–Crippen LogP) is 0.975. The fraction of sp³-hybridized carbons (Fsp3) is 1.00. The largest absolute Gasteiger partial charge is 0.381 e. The average Bonchev–Trinajstić information content (AvgIpc) is 2.50. The molecule has 0 aromatic rings. The highest BCUT2D eigenvalue weighted by molar-refractivity contribution is 4.83. The van der Waals surface area contributed by atoms with Crippen molar-refractivity contribution in [1.29, 1.82) is 0 Å². The number of likely N-dealkylation sites (tertiary alicyclic amines) is 1. The Morgan fingerprint density at radius 1 is 1.36 bits per heavy atom. The molecule has 0 aliphatic carbocycles. The van der Waals surface area contributed by atoms with Crippen molar-refractivity contribution in [3.05, 3.63) is 0 Å². The molecule has 2 heterocycles. The first-order valence-corrected chi connectivity index (χ1v) is 4.70. The zero-order chi connectivity index (χ0) is 7.68. The standard InChI is InChI=1S/C9H17NO/c1-2-10-4-3-8-6-11-7-9(8)5-10/h8-9H,2-7H2,1H3. The molecule has 2 fully saturated rings. The lowest BCUT2D eigenvalue weighted by atomic mass is 9.89. The zero-order valence-electron chi connectivity index (χ0n) is 7.25. The van der Waals surface area contributed by atoms with E-state index in [9.17, 15) is 0 Å². The van der Waals surface area contributed by atoms with Crippen LogP contribution in [0.4, 0.5) is 0 Å². The van der Waals surface area contributed by atoms with Crippen LogP contribution in [0.3, 0.4) is 0 Å². The molecular formula is C9H17NO. The van der Waals surface area contributed by atoms with Crippen molar-refractivity contribution in [1.82, 2.24) is 4.90 Å². The highest BCUT2D eigenvalue weighted by atomic mass is 16.5. The predicted molar refractivity (Wildman–Crippen MR) is 44.5 cm³/mol. The lowest BCUT2D eigenvalue weighted by Crippen LogP contribution is -2.39. The summed E-state index contributed by atoms with van der Waals surface area (Å²) in [6.45, 7) is 8.07. The third kappa shape index (κ3) is 1.42. The van der Waals surface area contributed by atoms with E-state index in [2.05, 4.69) is 11.8 Å². The topological polar surface area (TPSA) is 12.5 Å². The number of rotatable bonds is 1. The van der Waals surface area contributed by atoms with Gasteiger partial charge in [-0.05, 0) is 25.4 Å². The highest BCUT2D eigenvalue weighted by Crippen LogP contribution is 2.28. The second-order valence-corrected chi connectivity index (χ2v) is 3.74. The van der Waals surface area contributed by atoms with Gasteiger partial charge in [-0.15, -0.1) is 0 Å². The molecule has 0 radical (unpaired) electrons. The first-order valence-electron chi connectivity index (χ1n) is 4.70. The van der Waals surface area contributed by atoms with E-state index >= 15 is 0 Å². The van der Waals surface area contributed by atoms with Crippen LogP contribution in [0.1, 0.15) is 13.3 Å². The van der Waals surface area contributed by atoms with E-state index in [1.165, 1.54) is 26.1 Å². The van der Waals surface area contributed by atoms with Crippen LogP contribution in [0.5, 0.6) is 0 Å². The molecule has 2 aliphatic rings. The first kappa shape index (κ1) is 7.56. The van der Waals surface area contributed by atoms with Crippen molar-refractivity contribution < 1.29 is 4.74 Å². The van der Waals surface area contributed by atoms with E-state index in [0.717, 1.165) is 25.0 Å². The SMILES string of the molecule is CCN1CCC2COCC2C1. The molecule has 2 saturated heterocycles. The lowest BCUT2D eigenvalue weighted by molar-refractivity contribution is 0.153. The van der Waals surface area contributed by atoms with Gasteiger partial charge in [-0.1, -0.05) is 6.92 Å². The molecule has 11 heavy (non-hydrogen) atoms. The molecule has 2 atom stereocenters. The second kappa shape index (κ2) is 3.11. The summed E-state index contributed by atoms with van der Waals surface area (Å²) in [5.74, 6) is 1.74. The summed E-state index contributed by atoms with van der Waals surface area (Å²) in [5.41, 5.74) is 0. The molecule has 2 unspecified atom stereocenters. The molecule has 0 aromatic carbocycles. The van der Waals surface area contributed by atoms with Gasteiger partial charge in [0.05, 0.1) is 6.61 Å². The molecule has 0 amide bonds. The van der Waals surface area contributed by atoms with Gasteiger partial charge in [0, 0.05) is 19.1 Å². The van der Waals surface area contributed by atoms with Crippen molar-refractivity contribution >= 4 is 0 Å². The molecule has 2 rings (SSSR count). The van der Waals surface area contributed by atoms with Crippen LogP contribution >= 0.6 is 0 Å². The van der Waals surface area contributed by atoms with Crippen LogP contribution in [0.25, 0.3) is 0 Å². The number of ether oxygens (including phenoxy) is 1. The Kier molecular flexibility index (Phi) is 2.14. The Balaban J connectivity index is 1.91. The van der Waals surface area contributed by atoms with Crippen LogP contribution in [-0.2, 0) is 4.74 Å². The Morgan fingerprint density at radius 2 is 2.18 bits per heavy atom. The first-order chi connectivity index (χ1) is 5.40. The minimum atomic E-state index is 0.851. The molecule has 64 valence electrons. The van der Waals surface area contributed by atoms with Crippen molar-refractivity contribution in [2.24, 2.45) is 11.8 Å². The van der Waals surface area contributed by atoms with Gasteiger partial charge in [-0.2, -0.15) is 0 Å². The molecule has 0 bridgehead atoms. The minimum absolute atomic E-state index is 0.851. The van der Waals surface area contributed by atoms with Gasteiger partial charge in [0.25, 0.3) is 0 Å². The zero-order valence-corrected chi connectivity index (χ0v) is 7.25. The number of nitrogens with zero attached hydrogens (tertiary/aromatic N) is 1. The van der Waals surface area contributed by atoms with Gasteiger partial charge in [-0.3, -0.25) is 0 Å². The molecule has 2 heteroatoms. The summed E-state index contributed by atoms with van der Waals surface area (Å²) in [5, 5.41) is 0. The Hall–Kier alpha value is -0.0800. The van der Waals surface area contributed by atoms with E-state index in [-0.39, 0.29) is 0 Å². The summed E-state index contributed by atoms with van der Waals surface area (Å²) in [6.07, 6.45) is 1.36. The van der Waals surface area contributed by atoms with Crippen LogP contribution in [0.2, 0.25) is 0 Å². The lowest BCUT2D eigenvalue weighted by Gasteiger charge is -2.32. The van der Waals surface area contributed by atoms with Gasteiger partial charge < -0.3 is 9.64 Å². The maximum Gasteiger partial charge on any atom is 0.0510 e. The molecule has 2 nitrogen and oxygen atoms in total. The van der Waals surface area contributed by atoms with Crippen molar-refractivity contribution in [2.75, 3.05) is 32.8 Å². The second-order valence-electron chi connectivity index (χ2n) is 3.74. The molecule has 0 saturated carbocycles. The Morgan fingerprint density at radius 3 is 3.00 bits per heavy atom.